The molecular weight excluding hydrogens is 476 g/mol. The van der Waals surface area contributed by atoms with Gasteiger partial charge in [-0.15, -0.1) is 0 Å². The van der Waals surface area contributed by atoms with Crippen LogP contribution in [0.4, 0.5) is 0 Å². The molecule has 194 valence electrons. The van der Waals surface area contributed by atoms with Gasteiger partial charge in [0, 0.05) is 12.5 Å². The van der Waals surface area contributed by atoms with Crippen molar-refractivity contribution < 1.29 is 18.5 Å². The van der Waals surface area contributed by atoms with Crippen LogP contribution in [0.25, 0.3) is 11.0 Å². The minimum atomic E-state index is -0.426. The molecule has 5 rings (SSSR count). The van der Waals surface area contributed by atoms with Gasteiger partial charge in [-0.05, 0) is 68.1 Å². The number of aryl methyl sites for hydroxylation is 4. The van der Waals surface area contributed by atoms with E-state index in [0.29, 0.717) is 11.5 Å². The van der Waals surface area contributed by atoms with Crippen LogP contribution in [-0.4, -0.2) is 18.2 Å². The van der Waals surface area contributed by atoms with Crippen molar-refractivity contribution in [3.63, 3.8) is 0 Å². The number of nitrogens with one attached hydrogen (secondary N) is 1. The van der Waals surface area contributed by atoms with E-state index >= 15 is 0 Å². The summed E-state index contributed by atoms with van der Waals surface area (Å²) in [5.74, 6) is 1.31. The van der Waals surface area contributed by atoms with Crippen molar-refractivity contribution in [1.29, 1.82) is 0 Å². The molecule has 1 amide bonds. The third-order valence-electron chi connectivity index (χ3n) is 6.98. The maximum absolute atomic E-state index is 13.3. The second-order valence-electron chi connectivity index (χ2n) is 9.82. The van der Waals surface area contributed by atoms with E-state index in [9.17, 15) is 4.79 Å². The first-order valence-corrected chi connectivity index (χ1v) is 12.7. The highest BCUT2D eigenvalue weighted by molar-refractivity contribution is 5.83. The van der Waals surface area contributed by atoms with Crippen molar-refractivity contribution in [1.82, 2.24) is 10.5 Å². The molecule has 5 aromatic rings. The van der Waals surface area contributed by atoms with E-state index in [1.807, 2.05) is 56.3 Å². The molecule has 0 aliphatic carbocycles. The highest BCUT2D eigenvalue weighted by Gasteiger charge is 2.25. The van der Waals surface area contributed by atoms with Gasteiger partial charge in [-0.3, -0.25) is 4.79 Å². The van der Waals surface area contributed by atoms with Gasteiger partial charge in [-0.1, -0.05) is 65.3 Å². The van der Waals surface area contributed by atoms with Gasteiger partial charge >= 0.3 is 0 Å². The summed E-state index contributed by atoms with van der Waals surface area (Å²) >= 11 is 0. The lowest BCUT2D eigenvalue weighted by Gasteiger charge is -2.22. The normalized spacial score (nSPS) is 13.0. The van der Waals surface area contributed by atoms with Crippen LogP contribution < -0.4 is 5.32 Å². The Morgan fingerprint density at radius 3 is 2.45 bits per heavy atom. The summed E-state index contributed by atoms with van der Waals surface area (Å²) in [6, 6.07) is 24.0. The summed E-state index contributed by atoms with van der Waals surface area (Å²) < 4.78 is 17.2. The monoisotopic (exact) mass is 508 g/mol. The summed E-state index contributed by atoms with van der Waals surface area (Å²) in [7, 11) is 1.64. The van der Waals surface area contributed by atoms with Crippen LogP contribution in [0.5, 0.6) is 0 Å². The van der Waals surface area contributed by atoms with E-state index in [1.165, 1.54) is 5.56 Å². The Hall–Kier alpha value is -4.16. The topological polar surface area (TPSA) is 77.5 Å². The first-order valence-electron chi connectivity index (χ1n) is 12.7. The second kappa shape index (κ2) is 10.7. The first kappa shape index (κ1) is 25.5. The Balaban J connectivity index is 1.39. The number of ether oxygens (including phenoxy) is 1. The fraction of sp³-hybridized carbons (Fsp3) is 0.250. The number of aromatic nitrogens is 1. The molecule has 0 radical (unpaired) electrons. The minimum Gasteiger partial charge on any atom is -0.458 e. The van der Waals surface area contributed by atoms with Gasteiger partial charge in [-0.2, -0.15) is 0 Å². The van der Waals surface area contributed by atoms with Crippen LogP contribution in [0.1, 0.15) is 62.7 Å². The fourth-order valence-electron chi connectivity index (χ4n) is 5.13. The zero-order valence-electron chi connectivity index (χ0n) is 22.4. The average molecular weight is 509 g/mol. The van der Waals surface area contributed by atoms with Gasteiger partial charge in [0.15, 0.2) is 0 Å². The number of fused-ring (bicyclic) bond motifs is 1. The van der Waals surface area contributed by atoms with Gasteiger partial charge in [0.1, 0.15) is 23.2 Å². The Kier molecular flexibility index (Phi) is 7.16. The molecule has 3 aromatic carbocycles. The van der Waals surface area contributed by atoms with E-state index < -0.39 is 6.10 Å². The summed E-state index contributed by atoms with van der Waals surface area (Å²) in [4.78, 5) is 13.3. The molecule has 2 aromatic heterocycles. The molecule has 0 saturated carbocycles. The lowest BCUT2D eigenvalue weighted by Crippen LogP contribution is -2.31. The van der Waals surface area contributed by atoms with Gasteiger partial charge in [-0.25, -0.2) is 0 Å². The molecule has 0 fully saturated rings. The van der Waals surface area contributed by atoms with Gasteiger partial charge in [0.05, 0.1) is 23.7 Å². The Bertz CT molecular complexity index is 1560. The molecule has 6 heteroatoms. The first-order chi connectivity index (χ1) is 18.3. The predicted molar refractivity (Wildman–Crippen MR) is 147 cm³/mol. The van der Waals surface area contributed by atoms with Crippen molar-refractivity contribution in [3.05, 3.63) is 123 Å². The number of methoxy groups -OCH3 is 1. The van der Waals surface area contributed by atoms with Gasteiger partial charge < -0.3 is 19.0 Å². The Morgan fingerprint density at radius 1 is 0.974 bits per heavy atom. The molecule has 0 saturated heterocycles. The highest BCUT2D eigenvalue weighted by atomic mass is 16.5. The third-order valence-corrected chi connectivity index (χ3v) is 6.98. The smallest absolute Gasteiger partial charge is 0.225 e. The van der Waals surface area contributed by atoms with E-state index in [1.54, 1.807) is 7.11 Å². The maximum Gasteiger partial charge on any atom is 0.225 e. The minimum absolute atomic E-state index is 0.0487. The van der Waals surface area contributed by atoms with E-state index in [-0.39, 0.29) is 18.4 Å². The van der Waals surface area contributed by atoms with Crippen LogP contribution >= 0.6 is 0 Å². The molecule has 0 aliphatic rings. The fourth-order valence-corrected chi connectivity index (χ4v) is 5.13. The van der Waals surface area contributed by atoms with E-state index in [4.69, 9.17) is 13.7 Å². The van der Waals surface area contributed by atoms with Crippen molar-refractivity contribution in [3.8, 4) is 0 Å². The average Bonchev–Trinajstić information content (AvgIpc) is 3.47. The number of amides is 1. The van der Waals surface area contributed by atoms with Crippen molar-refractivity contribution >= 4 is 16.9 Å². The van der Waals surface area contributed by atoms with Gasteiger partial charge in [0.2, 0.25) is 5.91 Å². The number of hydrogen-bond donors (Lipinski definition) is 1. The standard InChI is InChI=1S/C32H32N2O4/c1-19-11-13-26(20(2)15-19)31(24-9-7-6-8-10-24)33-29(35)17-23-12-14-27-25(16-23)18-28(37-27)32(36-5)30-21(3)34-38-22(30)4/h6-16,18,31-32H,17H2,1-5H3,(H,33,35). The molecule has 0 aliphatic heterocycles. The molecular formula is C32H32N2O4. The number of benzene rings is 3. The molecule has 6 nitrogen and oxygen atoms in total. The molecule has 2 atom stereocenters. The van der Waals surface area contributed by atoms with Crippen LogP contribution in [0.15, 0.2) is 81.7 Å². The molecule has 2 heterocycles. The molecule has 0 spiro atoms. The molecule has 2 unspecified atom stereocenters. The molecule has 1 N–H and O–H groups in total. The van der Waals surface area contributed by atoms with E-state index in [2.05, 4.69) is 54.7 Å². The predicted octanol–water partition coefficient (Wildman–Crippen LogP) is 6.84. The molecule has 38 heavy (non-hydrogen) atoms. The summed E-state index contributed by atoms with van der Waals surface area (Å²) in [5, 5.41) is 8.23. The van der Waals surface area contributed by atoms with Crippen LogP contribution in [0, 0.1) is 27.7 Å². The largest absolute Gasteiger partial charge is 0.458 e. The van der Waals surface area contributed by atoms with E-state index in [0.717, 1.165) is 44.5 Å². The quantitative estimate of drug-likeness (QED) is 0.248. The Morgan fingerprint density at radius 2 is 1.76 bits per heavy atom. The van der Waals surface area contributed by atoms with Crippen molar-refractivity contribution in [2.45, 2.75) is 46.3 Å². The number of carbonyl (C=O) groups is 1. The zero-order chi connectivity index (χ0) is 26.8. The highest BCUT2D eigenvalue weighted by Crippen LogP contribution is 2.34. The lowest BCUT2D eigenvalue weighted by atomic mass is 9.93. The number of hydrogen-bond acceptors (Lipinski definition) is 5. The van der Waals surface area contributed by atoms with Crippen molar-refractivity contribution in [2.75, 3.05) is 7.11 Å². The summed E-state index contributed by atoms with van der Waals surface area (Å²) in [6.07, 6.45) is -0.174. The third kappa shape index (κ3) is 5.13. The number of furan rings is 1. The number of nitrogens with zero attached hydrogens (tertiary/aromatic N) is 1. The summed E-state index contributed by atoms with van der Waals surface area (Å²) in [6.45, 7) is 7.91. The Labute approximate surface area is 222 Å². The number of rotatable bonds is 8. The van der Waals surface area contributed by atoms with Crippen LogP contribution in [0.3, 0.4) is 0 Å². The molecule has 0 bridgehead atoms. The maximum atomic E-state index is 13.3. The zero-order valence-corrected chi connectivity index (χ0v) is 22.4. The van der Waals surface area contributed by atoms with Crippen LogP contribution in [-0.2, 0) is 16.0 Å². The number of carbonyl (C=O) groups excluding carboxylic acids is 1. The summed E-state index contributed by atoms with van der Waals surface area (Å²) in [5.41, 5.74) is 7.76. The van der Waals surface area contributed by atoms with Crippen LogP contribution in [0.2, 0.25) is 0 Å². The SMILES string of the molecule is COC(c1cc2cc(CC(=O)NC(c3ccccc3)c3ccc(C)cc3C)ccc2o1)c1c(C)noc1C. The van der Waals surface area contributed by atoms with Crippen molar-refractivity contribution in [2.24, 2.45) is 0 Å². The van der Waals surface area contributed by atoms with Gasteiger partial charge in [0.25, 0.3) is 0 Å². The lowest BCUT2D eigenvalue weighted by molar-refractivity contribution is -0.120. The second-order valence-corrected chi connectivity index (χ2v) is 9.82.